The van der Waals surface area contributed by atoms with Crippen LogP contribution in [-0.2, 0) is 9.31 Å². The number of benzene rings is 1. The summed E-state index contributed by atoms with van der Waals surface area (Å²) in [5.74, 6) is -0.268. The second-order valence-corrected chi connectivity index (χ2v) is 5.13. The van der Waals surface area contributed by atoms with Crippen LogP contribution in [0.25, 0.3) is 10.9 Å². The second kappa shape index (κ2) is 4.04. The number of nitrogens with zero attached hydrogens (tertiary/aromatic N) is 1. The fraction of sp³-hybridized carbons (Fsp3) is 0.308. The molecule has 1 aliphatic heterocycles. The first-order chi connectivity index (χ1) is 8.53. The molecule has 2 aromatic rings. The average molecular weight is 245 g/mol. The molecular weight excluding hydrogens is 232 g/mol. The summed E-state index contributed by atoms with van der Waals surface area (Å²) < 4.78 is 24.5. The fourth-order valence-corrected chi connectivity index (χ4v) is 2.05. The number of hydrogen-bond acceptors (Lipinski definition) is 3. The maximum atomic E-state index is 13.2. The van der Waals surface area contributed by atoms with E-state index in [9.17, 15) is 4.39 Å². The molecule has 0 spiro atoms. The van der Waals surface area contributed by atoms with Gasteiger partial charge in [-0.25, -0.2) is 4.39 Å². The van der Waals surface area contributed by atoms with Gasteiger partial charge in [0.1, 0.15) is 5.82 Å². The predicted molar refractivity (Wildman–Crippen MR) is 68.2 cm³/mol. The Labute approximate surface area is 105 Å². The molecule has 1 aromatic carbocycles. The molecule has 1 aromatic heterocycles. The molecule has 92 valence electrons. The summed E-state index contributed by atoms with van der Waals surface area (Å²) in [5, 5.41) is 0.754. The summed E-state index contributed by atoms with van der Waals surface area (Å²) in [7, 11) is -0.417. The Morgan fingerprint density at radius 3 is 2.89 bits per heavy atom. The van der Waals surface area contributed by atoms with Gasteiger partial charge in [0, 0.05) is 17.0 Å². The van der Waals surface area contributed by atoms with Crippen LogP contribution in [0.3, 0.4) is 0 Å². The molecular formula is C13H13BFNO2. The summed E-state index contributed by atoms with van der Waals surface area (Å²) >= 11 is 0. The maximum Gasteiger partial charge on any atom is 0.496 e. The van der Waals surface area contributed by atoms with Crippen molar-refractivity contribution >= 4 is 23.5 Å². The molecule has 0 atom stereocenters. The lowest BCUT2D eigenvalue weighted by molar-refractivity contribution is 0.137. The smallest absolute Gasteiger partial charge is 0.404 e. The Kier molecular flexibility index (Phi) is 2.61. The number of fused-ring (bicyclic) bond motifs is 1. The highest BCUT2D eigenvalue weighted by atomic mass is 19.1. The van der Waals surface area contributed by atoms with Crippen molar-refractivity contribution < 1.29 is 13.7 Å². The SMILES string of the molecule is CC1(C)COB(c2cnc3ccc(F)cc3c2)O1. The molecule has 1 fully saturated rings. The Balaban J connectivity index is 1.98. The van der Waals surface area contributed by atoms with Gasteiger partial charge >= 0.3 is 7.12 Å². The van der Waals surface area contributed by atoms with Crippen LogP contribution in [0.15, 0.2) is 30.5 Å². The molecule has 18 heavy (non-hydrogen) atoms. The number of aromatic nitrogens is 1. The normalized spacial score (nSPS) is 18.5. The van der Waals surface area contributed by atoms with E-state index in [0.29, 0.717) is 6.61 Å². The van der Waals surface area contributed by atoms with Gasteiger partial charge in [0.25, 0.3) is 0 Å². The molecule has 2 heterocycles. The van der Waals surface area contributed by atoms with Crippen LogP contribution in [0, 0.1) is 5.82 Å². The summed E-state index contributed by atoms with van der Waals surface area (Å²) in [6, 6.07) is 6.39. The van der Waals surface area contributed by atoms with Crippen molar-refractivity contribution in [3.8, 4) is 0 Å². The van der Waals surface area contributed by atoms with Gasteiger partial charge in [0.2, 0.25) is 0 Å². The molecule has 0 saturated carbocycles. The number of pyridine rings is 1. The Morgan fingerprint density at radius 1 is 1.33 bits per heavy atom. The van der Waals surface area contributed by atoms with Gasteiger partial charge < -0.3 is 9.31 Å². The molecule has 0 radical (unpaired) electrons. The van der Waals surface area contributed by atoms with Crippen molar-refractivity contribution in [1.29, 1.82) is 0 Å². The number of halogens is 1. The van der Waals surface area contributed by atoms with E-state index in [2.05, 4.69) is 4.98 Å². The first kappa shape index (κ1) is 11.6. The van der Waals surface area contributed by atoms with Crippen LogP contribution in [0.4, 0.5) is 4.39 Å². The van der Waals surface area contributed by atoms with Crippen molar-refractivity contribution in [1.82, 2.24) is 4.98 Å². The molecule has 3 nitrogen and oxygen atoms in total. The Hall–Kier alpha value is -1.46. The lowest BCUT2D eigenvalue weighted by Crippen LogP contribution is -2.34. The van der Waals surface area contributed by atoms with Crippen LogP contribution in [0.1, 0.15) is 13.8 Å². The predicted octanol–water partition coefficient (Wildman–Crippen LogP) is 1.89. The third kappa shape index (κ3) is 2.11. The summed E-state index contributed by atoms with van der Waals surface area (Å²) in [6.45, 7) is 4.49. The third-order valence-electron chi connectivity index (χ3n) is 2.95. The Bertz CT molecular complexity index is 603. The van der Waals surface area contributed by atoms with Crippen LogP contribution < -0.4 is 5.46 Å². The van der Waals surface area contributed by atoms with E-state index in [1.54, 1.807) is 12.3 Å². The molecule has 0 aliphatic carbocycles. The zero-order chi connectivity index (χ0) is 12.8. The number of hydrogen-bond donors (Lipinski definition) is 0. The van der Waals surface area contributed by atoms with Crippen molar-refractivity contribution in [2.75, 3.05) is 6.61 Å². The zero-order valence-electron chi connectivity index (χ0n) is 10.3. The monoisotopic (exact) mass is 245 g/mol. The molecule has 3 rings (SSSR count). The summed E-state index contributed by atoms with van der Waals surface area (Å²) in [6.07, 6.45) is 1.71. The maximum absolute atomic E-state index is 13.2. The van der Waals surface area contributed by atoms with Crippen LogP contribution >= 0.6 is 0 Å². The first-order valence-electron chi connectivity index (χ1n) is 5.88. The highest BCUT2D eigenvalue weighted by Crippen LogP contribution is 2.20. The van der Waals surface area contributed by atoms with E-state index < -0.39 is 7.12 Å². The van der Waals surface area contributed by atoms with Gasteiger partial charge in [-0.15, -0.1) is 0 Å². The van der Waals surface area contributed by atoms with Crippen molar-refractivity contribution in [3.63, 3.8) is 0 Å². The van der Waals surface area contributed by atoms with Crippen LogP contribution in [0.5, 0.6) is 0 Å². The highest BCUT2D eigenvalue weighted by molar-refractivity contribution is 6.62. The van der Waals surface area contributed by atoms with E-state index in [-0.39, 0.29) is 11.4 Å². The van der Waals surface area contributed by atoms with Crippen LogP contribution in [0.2, 0.25) is 0 Å². The van der Waals surface area contributed by atoms with Crippen molar-refractivity contribution in [2.45, 2.75) is 19.4 Å². The van der Waals surface area contributed by atoms with Gasteiger partial charge in [-0.2, -0.15) is 0 Å². The lowest BCUT2D eigenvalue weighted by Gasteiger charge is -2.15. The fourth-order valence-electron chi connectivity index (χ4n) is 2.05. The molecule has 0 amide bonds. The van der Waals surface area contributed by atoms with E-state index in [1.807, 2.05) is 19.9 Å². The Morgan fingerprint density at radius 2 is 2.17 bits per heavy atom. The summed E-state index contributed by atoms with van der Waals surface area (Å²) in [4.78, 5) is 4.29. The number of rotatable bonds is 1. The minimum absolute atomic E-state index is 0.268. The lowest BCUT2D eigenvalue weighted by atomic mass is 9.80. The second-order valence-electron chi connectivity index (χ2n) is 5.13. The molecule has 1 saturated heterocycles. The van der Waals surface area contributed by atoms with E-state index in [4.69, 9.17) is 9.31 Å². The van der Waals surface area contributed by atoms with Crippen molar-refractivity contribution in [3.05, 3.63) is 36.3 Å². The van der Waals surface area contributed by atoms with E-state index in [0.717, 1.165) is 16.4 Å². The quantitative estimate of drug-likeness (QED) is 0.719. The van der Waals surface area contributed by atoms with Gasteiger partial charge in [-0.05, 0) is 32.0 Å². The molecule has 5 heteroatoms. The first-order valence-corrected chi connectivity index (χ1v) is 5.88. The van der Waals surface area contributed by atoms with E-state index in [1.165, 1.54) is 12.1 Å². The minimum Gasteiger partial charge on any atom is -0.404 e. The van der Waals surface area contributed by atoms with Crippen molar-refractivity contribution in [2.24, 2.45) is 0 Å². The van der Waals surface area contributed by atoms with Gasteiger partial charge in [-0.3, -0.25) is 4.98 Å². The molecule has 0 N–H and O–H groups in total. The topological polar surface area (TPSA) is 31.4 Å². The minimum atomic E-state index is -0.417. The molecule has 1 aliphatic rings. The molecule has 0 bridgehead atoms. The zero-order valence-corrected chi connectivity index (χ0v) is 10.3. The largest absolute Gasteiger partial charge is 0.496 e. The van der Waals surface area contributed by atoms with Gasteiger partial charge in [0.15, 0.2) is 0 Å². The van der Waals surface area contributed by atoms with Gasteiger partial charge in [0.05, 0.1) is 17.7 Å². The summed E-state index contributed by atoms with van der Waals surface area (Å²) in [5.41, 5.74) is 1.29. The van der Waals surface area contributed by atoms with Gasteiger partial charge in [-0.1, -0.05) is 6.07 Å². The highest BCUT2D eigenvalue weighted by Gasteiger charge is 2.38. The standard InChI is InChI=1S/C13H13BFNO2/c1-13(2)8-17-14(18-13)10-5-9-6-11(15)3-4-12(9)16-7-10/h3-7H,8H2,1-2H3. The molecule has 0 unspecified atom stereocenters. The van der Waals surface area contributed by atoms with E-state index >= 15 is 0 Å². The van der Waals surface area contributed by atoms with Crippen LogP contribution in [-0.4, -0.2) is 24.3 Å². The third-order valence-corrected chi connectivity index (χ3v) is 2.95. The average Bonchev–Trinajstić information content (AvgIpc) is 2.69.